The van der Waals surface area contributed by atoms with Gasteiger partial charge in [-0.15, -0.1) is 11.3 Å². The molecule has 0 saturated heterocycles. The molecule has 0 radical (unpaired) electrons. The summed E-state index contributed by atoms with van der Waals surface area (Å²) in [6.45, 7) is 1.05. The molecule has 0 amide bonds. The van der Waals surface area contributed by atoms with E-state index < -0.39 is 6.10 Å². The number of rotatable bonds is 7. The van der Waals surface area contributed by atoms with Crippen molar-refractivity contribution in [2.45, 2.75) is 12.7 Å². The Kier molecular flexibility index (Phi) is 5.97. The summed E-state index contributed by atoms with van der Waals surface area (Å²) in [4.78, 5) is 1.13. The maximum absolute atomic E-state index is 13.3. The summed E-state index contributed by atoms with van der Waals surface area (Å²) in [7, 11) is 0. The minimum atomic E-state index is -0.637. The number of thiophene rings is 1. The van der Waals surface area contributed by atoms with E-state index in [1.807, 2.05) is 17.5 Å². The number of nitrogens with one attached hydrogen (secondary N) is 1. The molecule has 0 aliphatic carbocycles. The molecule has 1 aromatic heterocycles. The molecule has 1 aromatic carbocycles. The van der Waals surface area contributed by atoms with Gasteiger partial charge in [-0.2, -0.15) is 0 Å². The molecular weight excluding hydrogens is 345 g/mol. The van der Waals surface area contributed by atoms with Crippen molar-refractivity contribution in [3.05, 3.63) is 50.9 Å². The quantitative estimate of drug-likeness (QED) is 0.792. The van der Waals surface area contributed by atoms with Crippen LogP contribution in [0.15, 0.2) is 40.2 Å². The minimum absolute atomic E-state index is 0.240. The van der Waals surface area contributed by atoms with Crippen molar-refractivity contribution in [3.8, 4) is 0 Å². The average molecular weight is 360 g/mol. The first-order valence-corrected chi connectivity index (χ1v) is 7.79. The van der Waals surface area contributed by atoms with Gasteiger partial charge in [-0.25, -0.2) is 4.39 Å². The fourth-order valence-electron chi connectivity index (χ4n) is 1.59. The summed E-state index contributed by atoms with van der Waals surface area (Å²) < 4.78 is 19.1. The summed E-state index contributed by atoms with van der Waals surface area (Å²) in [6, 6.07) is 8.69. The maximum Gasteiger partial charge on any atom is 0.139 e. The number of ether oxygens (including phenoxy) is 1. The van der Waals surface area contributed by atoms with Crippen LogP contribution in [-0.4, -0.2) is 24.4 Å². The molecule has 0 fully saturated rings. The van der Waals surface area contributed by atoms with E-state index in [2.05, 4.69) is 21.2 Å². The first-order chi connectivity index (χ1) is 9.65. The fraction of sp³-hybridized carbons (Fsp3) is 0.286. The molecule has 0 bridgehead atoms. The highest BCUT2D eigenvalue weighted by Crippen LogP contribution is 2.19. The topological polar surface area (TPSA) is 41.5 Å². The van der Waals surface area contributed by atoms with E-state index in [4.69, 9.17) is 4.74 Å². The predicted octanol–water partition coefficient (Wildman–Crippen LogP) is 3.64. The molecular formula is C14H15BrFNO2S. The molecule has 0 saturated carbocycles. The summed E-state index contributed by atoms with van der Waals surface area (Å²) in [5.74, 6) is -0.335. The van der Waals surface area contributed by atoms with Crippen molar-refractivity contribution in [1.29, 1.82) is 0 Å². The summed E-state index contributed by atoms with van der Waals surface area (Å²) in [5.41, 5.74) is 0.628. The molecule has 6 heteroatoms. The van der Waals surface area contributed by atoms with E-state index in [9.17, 15) is 9.50 Å². The number of aliphatic hydroxyl groups excluding tert-OH is 1. The fourth-order valence-corrected chi connectivity index (χ4v) is 2.48. The molecule has 0 spiro atoms. The van der Waals surface area contributed by atoms with E-state index in [0.717, 1.165) is 4.88 Å². The van der Waals surface area contributed by atoms with Crippen LogP contribution in [0.1, 0.15) is 4.88 Å². The molecule has 20 heavy (non-hydrogen) atoms. The van der Waals surface area contributed by atoms with Crippen LogP contribution < -0.4 is 5.32 Å². The molecule has 0 aliphatic rings. The third-order valence-corrected chi connectivity index (χ3v) is 4.09. The van der Waals surface area contributed by atoms with Crippen LogP contribution in [0.4, 0.5) is 10.1 Å². The molecule has 2 N–H and O–H groups in total. The number of hydrogen-bond acceptors (Lipinski definition) is 4. The lowest BCUT2D eigenvalue weighted by molar-refractivity contribution is 0.0359. The number of aliphatic hydroxyl groups is 1. The molecule has 2 rings (SSSR count). The van der Waals surface area contributed by atoms with E-state index in [1.165, 1.54) is 6.07 Å². The third kappa shape index (κ3) is 4.86. The molecule has 108 valence electrons. The Hall–Kier alpha value is -0.950. The van der Waals surface area contributed by atoms with Crippen LogP contribution >= 0.6 is 27.3 Å². The highest BCUT2D eigenvalue weighted by atomic mass is 79.9. The summed E-state index contributed by atoms with van der Waals surface area (Å²) in [5, 5.41) is 14.7. The zero-order valence-electron chi connectivity index (χ0n) is 10.7. The van der Waals surface area contributed by atoms with Gasteiger partial charge >= 0.3 is 0 Å². The second kappa shape index (κ2) is 7.73. The van der Waals surface area contributed by atoms with Gasteiger partial charge in [-0.3, -0.25) is 0 Å². The lowest BCUT2D eigenvalue weighted by Gasteiger charge is -2.13. The van der Waals surface area contributed by atoms with Crippen molar-refractivity contribution in [2.75, 3.05) is 18.5 Å². The van der Waals surface area contributed by atoms with Crippen LogP contribution in [0, 0.1) is 5.82 Å². The Labute approximate surface area is 129 Å². The van der Waals surface area contributed by atoms with Crippen LogP contribution in [0.25, 0.3) is 0 Å². The van der Waals surface area contributed by atoms with Gasteiger partial charge in [0.2, 0.25) is 0 Å². The summed E-state index contributed by atoms with van der Waals surface area (Å²) >= 11 is 4.71. The van der Waals surface area contributed by atoms with Crippen LogP contribution in [0.2, 0.25) is 0 Å². The van der Waals surface area contributed by atoms with Gasteiger partial charge in [0.1, 0.15) is 5.82 Å². The first-order valence-electron chi connectivity index (χ1n) is 6.12. The van der Waals surface area contributed by atoms with Crippen molar-refractivity contribution in [1.82, 2.24) is 0 Å². The highest BCUT2D eigenvalue weighted by molar-refractivity contribution is 9.10. The van der Waals surface area contributed by atoms with E-state index in [1.54, 1.807) is 23.5 Å². The van der Waals surface area contributed by atoms with E-state index >= 15 is 0 Å². The maximum atomic E-state index is 13.3. The van der Waals surface area contributed by atoms with E-state index in [-0.39, 0.29) is 12.4 Å². The van der Waals surface area contributed by atoms with Gasteiger partial charge in [-0.1, -0.05) is 6.07 Å². The Bertz CT molecular complexity index is 536. The third-order valence-electron chi connectivity index (χ3n) is 2.60. The van der Waals surface area contributed by atoms with Gasteiger partial charge in [0, 0.05) is 17.1 Å². The van der Waals surface area contributed by atoms with Crippen LogP contribution in [0.3, 0.4) is 0 Å². The minimum Gasteiger partial charge on any atom is -0.389 e. The zero-order chi connectivity index (χ0) is 14.4. The molecule has 2 aromatic rings. The Morgan fingerprint density at radius 2 is 2.25 bits per heavy atom. The van der Waals surface area contributed by atoms with Gasteiger partial charge in [0.15, 0.2) is 0 Å². The van der Waals surface area contributed by atoms with Gasteiger partial charge in [-0.05, 0) is 45.6 Å². The number of benzene rings is 1. The highest BCUT2D eigenvalue weighted by Gasteiger charge is 2.06. The molecule has 1 atom stereocenters. The SMILES string of the molecule is OC(CNc1ccc(Br)c(F)c1)COCc1cccs1. The second-order valence-electron chi connectivity index (χ2n) is 4.26. The smallest absolute Gasteiger partial charge is 0.139 e. The van der Waals surface area contributed by atoms with E-state index in [0.29, 0.717) is 23.3 Å². The molecule has 1 heterocycles. The summed E-state index contributed by atoms with van der Waals surface area (Å²) in [6.07, 6.45) is -0.637. The van der Waals surface area contributed by atoms with Crippen molar-refractivity contribution >= 4 is 33.0 Å². The van der Waals surface area contributed by atoms with Crippen molar-refractivity contribution in [2.24, 2.45) is 0 Å². The first kappa shape index (κ1) is 15.4. The Morgan fingerprint density at radius 3 is 2.95 bits per heavy atom. The van der Waals surface area contributed by atoms with Gasteiger partial charge in [0.05, 0.1) is 23.8 Å². The van der Waals surface area contributed by atoms with Crippen LogP contribution in [-0.2, 0) is 11.3 Å². The molecule has 3 nitrogen and oxygen atoms in total. The monoisotopic (exact) mass is 359 g/mol. The lowest BCUT2D eigenvalue weighted by Crippen LogP contribution is -2.24. The predicted molar refractivity (Wildman–Crippen MR) is 82.6 cm³/mol. The Balaban J connectivity index is 1.69. The molecule has 0 aliphatic heterocycles. The normalized spacial score (nSPS) is 12.3. The molecule has 1 unspecified atom stereocenters. The van der Waals surface area contributed by atoms with Crippen molar-refractivity contribution in [3.63, 3.8) is 0 Å². The standard InChI is InChI=1S/C14H15BrFNO2S/c15-13-4-3-10(6-14(13)16)17-7-11(18)8-19-9-12-2-1-5-20-12/h1-6,11,17-18H,7-9H2. The van der Waals surface area contributed by atoms with Gasteiger partial charge < -0.3 is 15.2 Å². The zero-order valence-corrected chi connectivity index (χ0v) is 13.1. The lowest BCUT2D eigenvalue weighted by atomic mass is 10.3. The second-order valence-corrected chi connectivity index (χ2v) is 6.14. The van der Waals surface area contributed by atoms with Crippen LogP contribution in [0.5, 0.6) is 0 Å². The average Bonchev–Trinajstić information content (AvgIpc) is 2.93. The number of anilines is 1. The largest absolute Gasteiger partial charge is 0.389 e. The van der Waals surface area contributed by atoms with Gasteiger partial charge in [0.25, 0.3) is 0 Å². The number of hydrogen-bond donors (Lipinski definition) is 2. The van der Waals surface area contributed by atoms with Crippen molar-refractivity contribution < 1.29 is 14.2 Å². The Morgan fingerprint density at radius 1 is 1.40 bits per heavy atom. The number of halogens is 2.